The van der Waals surface area contributed by atoms with E-state index in [4.69, 9.17) is 0 Å². The second-order valence-electron chi connectivity index (χ2n) is 4.54. The normalized spacial score (nSPS) is 11.9. The SMILES string of the molecule is CC=CCCCCCCCCCCC=CC. The fourth-order valence-corrected chi connectivity index (χ4v) is 1.92. The van der Waals surface area contributed by atoms with Crippen molar-refractivity contribution in [2.24, 2.45) is 0 Å². The Labute approximate surface area is 103 Å². The van der Waals surface area contributed by atoms with E-state index < -0.39 is 0 Å². The molecule has 0 aromatic rings. The molecule has 0 saturated carbocycles. The molecule has 0 atom stereocenters. The predicted octanol–water partition coefficient (Wildman–Crippen LogP) is 6.04. The van der Waals surface area contributed by atoms with Crippen molar-refractivity contribution >= 4 is 0 Å². The van der Waals surface area contributed by atoms with Crippen molar-refractivity contribution in [2.75, 3.05) is 0 Å². The molecule has 0 aromatic carbocycles. The second-order valence-corrected chi connectivity index (χ2v) is 4.54. The van der Waals surface area contributed by atoms with Crippen LogP contribution in [0.15, 0.2) is 24.3 Å². The lowest BCUT2D eigenvalue weighted by molar-refractivity contribution is 0.571. The summed E-state index contributed by atoms with van der Waals surface area (Å²) in [6.07, 6.45) is 22.8. The van der Waals surface area contributed by atoms with Gasteiger partial charge in [-0.15, -0.1) is 0 Å². The molecule has 0 nitrogen and oxygen atoms in total. The van der Waals surface area contributed by atoms with Crippen molar-refractivity contribution in [1.82, 2.24) is 0 Å². The maximum atomic E-state index is 2.28. The maximum Gasteiger partial charge on any atom is -0.0351 e. The van der Waals surface area contributed by atoms with Gasteiger partial charge in [0.1, 0.15) is 0 Å². The Kier molecular flexibility index (Phi) is 14.0. The summed E-state index contributed by atoms with van der Waals surface area (Å²) in [4.78, 5) is 0. The van der Waals surface area contributed by atoms with Gasteiger partial charge in [-0.3, -0.25) is 0 Å². The molecule has 0 fully saturated rings. The van der Waals surface area contributed by atoms with Crippen LogP contribution in [0.5, 0.6) is 0 Å². The van der Waals surface area contributed by atoms with E-state index in [1.54, 1.807) is 0 Å². The Hall–Kier alpha value is -0.520. The molecular weight excluding hydrogens is 192 g/mol. The molecule has 0 aromatic heterocycles. The first kappa shape index (κ1) is 15.5. The summed E-state index contributed by atoms with van der Waals surface area (Å²) in [7, 11) is 0. The molecule has 0 heteroatoms. The van der Waals surface area contributed by atoms with Crippen LogP contribution in [-0.4, -0.2) is 0 Å². The smallest absolute Gasteiger partial charge is 0.0351 e. The van der Waals surface area contributed by atoms with Crippen molar-refractivity contribution in [2.45, 2.75) is 78.1 Å². The summed E-state index contributed by atoms with van der Waals surface area (Å²) < 4.78 is 0. The van der Waals surface area contributed by atoms with Crippen LogP contribution in [0.1, 0.15) is 78.1 Å². The topological polar surface area (TPSA) is 0 Å². The third kappa shape index (κ3) is 13.5. The predicted molar refractivity (Wildman–Crippen MR) is 75.8 cm³/mol. The lowest BCUT2D eigenvalue weighted by Gasteiger charge is -2.00. The quantitative estimate of drug-likeness (QED) is 0.295. The summed E-state index contributed by atoms with van der Waals surface area (Å²) in [5, 5.41) is 0. The summed E-state index contributed by atoms with van der Waals surface area (Å²) in [5.41, 5.74) is 0. The minimum Gasteiger partial charge on any atom is -0.0917 e. The van der Waals surface area contributed by atoms with Crippen molar-refractivity contribution in [1.29, 1.82) is 0 Å². The summed E-state index contributed by atoms with van der Waals surface area (Å²) in [6.45, 7) is 4.21. The van der Waals surface area contributed by atoms with Crippen LogP contribution in [0.3, 0.4) is 0 Å². The van der Waals surface area contributed by atoms with Crippen molar-refractivity contribution in [3.8, 4) is 0 Å². The zero-order chi connectivity index (χ0) is 11.9. The van der Waals surface area contributed by atoms with E-state index >= 15 is 0 Å². The molecule has 0 heterocycles. The molecule has 16 heavy (non-hydrogen) atoms. The number of rotatable bonds is 11. The van der Waals surface area contributed by atoms with Gasteiger partial charge in [0.15, 0.2) is 0 Å². The third-order valence-corrected chi connectivity index (χ3v) is 2.96. The average molecular weight is 222 g/mol. The monoisotopic (exact) mass is 222 g/mol. The van der Waals surface area contributed by atoms with Crippen LogP contribution in [-0.2, 0) is 0 Å². The molecule has 0 saturated heterocycles. The number of unbranched alkanes of at least 4 members (excludes halogenated alkanes) is 9. The highest BCUT2D eigenvalue weighted by atomic mass is 14.0. The van der Waals surface area contributed by atoms with E-state index in [1.165, 1.54) is 64.2 Å². The minimum atomic E-state index is 1.28. The van der Waals surface area contributed by atoms with Crippen molar-refractivity contribution in [3.63, 3.8) is 0 Å². The van der Waals surface area contributed by atoms with Crippen LogP contribution in [0.4, 0.5) is 0 Å². The van der Waals surface area contributed by atoms with Gasteiger partial charge < -0.3 is 0 Å². The van der Waals surface area contributed by atoms with Gasteiger partial charge in [0.25, 0.3) is 0 Å². The van der Waals surface area contributed by atoms with Gasteiger partial charge >= 0.3 is 0 Å². The average Bonchev–Trinajstić information content (AvgIpc) is 2.31. The first-order chi connectivity index (χ1) is 7.91. The standard InChI is InChI=1S/C16H30/c1-3-5-7-9-11-13-15-16-14-12-10-8-6-4-2/h3-6H,7-16H2,1-2H3. The Morgan fingerprint density at radius 1 is 0.500 bits per heavy atom. The van der Waals surface area contributed by atoms with Crippen LogP contribution >= 0.6 is 0 Å². The first-order valence-electron chi connectivity index (χ1n) is 7.14. The largest absolute Gasteiger partial charge is 0.0917 e. The lowest BCUT2D eigenvalue weighted by Crippen LogP contribution is -1.80. The van der Waals surface area contributed by atoms with Crippen LogP contribution < -0.4 is 0 Å². The second kappa shape index (κ2) is 14.5. The summed E-state index contributed by atoms with van der Waals surface area (Å²) in [5.74, 6) is 0. The van der Waals surface area contributed by atoms with Gasteiger partial charge in [-0.1, -0.05) is 62.8 Å². The molecule has 0 radical (unpaired) electrons. The Morgan fingerprint density at radius 3 is 1.12 bits per heavy atom. The maximum absolute atomic E-state index is 2.28. The molecule has 0 bridgehead atoms. The number of hydrogen-bond acceptors (Lipinski definition) is 0. The van der Waals surface area contributed by atoms with E-state index in [0.29, 0.717) is 0 Å². The van der Waals surface area contributed by atoms with Gasteiger partial charge in [-0.25, -0.2) is 0 Å². The van der Waals surface area contributed by atoms with Crippen molar-refractivity contribution < 1.29 is 0 Å². The van der Waals surface area contributed by atoms with Gasteiger partial charge in [0.05, 0.1) is 0 Å². The van der Waals surface area contributed by atoms with E-state index in [-0.39, 0.29) is 0 Å². The van der Waals surface area contributed by atoms with E-state index in [1.807, 2.05) is 0 Å². The van der Waals surface area contributed by atoms with Crippen molar-refractivity contribution in [3.05, 3.63) is 24.3 Å². The molecule has 0 rings (SSSR count). The fourth-order valence-electron chi connectivity index (χ4n) is 1.92. The van der Waals surface area contributed by atoms with Gasteiger partial charge in [0.2, 0.25) is 0 Å². The van der Waals surface area contributed by atoms with Gasteiger partial charge in [-0.05, 0) is 39.5 Å². The molecule has 0 unspecified atom stereocenters. The zero-order valence-electron chi connectivity index (χ0n) is 11.4. The highest BCUT2D eigenvalue weighted by Crippen LogP contribution is 2.10. The molecular formula is C16H30. The number of allylic oxidation sites excluding steroid dienone is 4. The van der Waals surface area contributed by atoms with Gasteiger partial charge in [0, 0.05) is 0 Å². The lowest BCUT2D eigenvalue weighted by atomic mass is 10.1. The molecule has 0 N–H and O–H groups in total. The summed E-state index contributed by atoms with van der Waals surface area (Å²) >= 11 is 0. The molecule has 0 aliphatic heterocycles. The van der Waals surface area contributed by atoms with E-state index in [0.717, 1.165) is 0 Å². The Balaban J connectivity index is 2.93. The number of hydrogen-bond donors (Lipinski definition) is 0. The highest BCUT2D eigenvalue weighted by molar-refractivity contribution is 4.76. The Bertz CT molecular complexity index is 145. The molecule has 0 spiro atoms. The minimum absolute atomic E-state index is 1.28. The fraction of sp³-hybridized carbons (Fsp3) is 0.750. The Morgan fingerprint density at radius 2 is 0.812 bits per heavy atom. The molecule has 0 aliphatic rings. The highest BCUT2D eigenvalue weighted by Gasteiger charge is 1.91. The molecule has 0 aliphatic carbocycles. The van der Waals surface area contributed by atoms with Crippen LogP contribution in [0.2, 0.25) is 0 Å². The van der Waals surface area contributed by atoms with Crippen LogP contribution in [0, 0.1) is 0 Å². The van der Waals surface area contributed by atoms with Crippen LogP contribution in [0.25, 0.3) is 0 Å². The van der Waals surface area contributed by atoms with Gasteiger partial charge in [-0.2, -0.15) is 0 Å². The zero-order valence-corrected chi connectivity index (χ0v) is 11.4. The van der Waals surface area contributed by atoms with E-state index in [2.05, 4.69) is 38.2 Å². The molecule has 0 amide bonds. The first-order valence-corrected chi connectivity index (χ1v) is 7.14. The molecule has 94 valence electrons. The van der Waals surface area contributed by atoms with E-state index in [9.17, 15) is 0 Å². The third-order valence-electron chi connectivity index (χ3n) is 2.96. The summed E-state index contributed by atoms with van der Waals surface area (Å²) in [6, 6.07) is 0.